The van der Waals surface area contributed by atoms with Crippen molar-refractivity contribution < 1.29 is 4.79 Å². The summed E-state index contributed by atoms with van der Waals surface area (Å²) in [6.07, 6.45) is 4.71. The number of thioether (sulfide) groups is 1. The van der Waals surface area contributed by atoms with Gasteiger partial charge in [0.25, 0.3) is 0 Å². The molecule has 3 rings (SSSR count). The molecule has 0 radical (unpaired) electrons. The van der Waals surface area contributed by atoms with E-state index in [2.05, 4.69) is 55.2 Å². The first-order chi connectivity index (χ1) is 12.9. The largest absolute Gasteiger partial charge is 0.342 e. The van der Waals surface area contributed by atoms with E-state index in [1.54, 1.807) is 0 Å². The summed E-state index contributed by atoms with van der Waals surface area (Å²) in [7, 11) is 1.96. The normalized spacial score (nSPS) is 15.6. The van der Waals surface area contributed by atoms with Gasteiger partial charge in [0.15, 0.2) is 11.0 Å². The zero-order chi connectivity index (χ0) is 19.4. The van der Waals surface area contributed by atoms with E-state index in [-0.39, 0.29) is 11.3 Å². The van der Waals surface area contributed by atoms with Crippen LogP contribution in [-0.2, 0) is 17.3 Å². The van der Waals surface area contributed by atoms with Crippen LogP contribution in [0.3, 0.4) is 0 Å². The molecular formula is C21H30N4OS. The molecule has 1 fully saturated rings. The van der Waals surface area contributed by atoms with E-state index < -0.39 is 0 Å². The number of carbonyl (C=O) groups excluding carboxylic acids is 1. The Morgan fingerprint density at radius 3 is 2.26 bits per heavy atom. The second-order valence-electron chi connectivity index (χ2n) is 8.28. The molecule has 0 atom stereocenters. The molecule has 2 aromatic rings. The minimum atomic E-state index is 0.132. The number of rotatable bonds is 4. The number of nitrogens with zero attached hydrogens (tertiary/aromatic N) is 4. The average Bonchev–Trinajstić information content (AvgIpc) is 2.84. The standard InChI is InChI=1S/C21H30N4OS/c1-21(2,3)17-11-9-16(10-12-17)19-22-23-20(24(19)4)27-15-18(26)25-13-7-5-6-8-14-25/h9-12H,5-8,13-15H2,1-4H3. The molecule has 1 aliphatic rings. The van der Waals surface area contributed by atoms with E-state index in [0.717, 1.165) is 42.5 Å². The molecule has 0 unspecified atom stereocenters. The Morgan fingerprint density at radius 1 is 1.04 bits per heavy atom. The summed E-state index contributed by atoms with van der Waals surface area (Å²) in [5.74, 6) is 1.47. The second kappa shape index (κ2) is 8.46. The van der Waals surface area contributed by atoms with Gasteiger partial charge in [0.1, 0.15) is 0 Å². The molecule has 27 heavy (non-hydrogen) atoms. The first-order valence-corrected chi connectivity index (χ1v) is 10.8. The zero-order valence-electron chi connectivity index (χ0n) is 16.9. The van der Waals surface area contributed by atoms with E-state index in [4.69, 9.17) is 0 Å². The number of likely N-dealkylation sites (tertiary alicyclic amines) is 1. The summed E-state index contributed by atoms with van der Waals surface area (Å²) in [5.41, 5.74) is 2.47. The number of amides is 1. The predicted molar refractivity (Wildman–Crippen MR) is 111 cm³/mol. The van der Waals surface area contributed by atoms with Gasteiger partial charge in [-0.3, -0.25) is 4.79 Å². The van der Waals surface area contributed by atoms with Crippen LogP contribution in [0.25, 0.3) is 11.4 Å². The van der Waals surface area contributed by atoms with Gasteiger partial charge in [-0.25, -0.2) is 0 Å². The fourth-order valence-corrected chi connectivity index (χ4v) is 4.16. The SMILES string of the molecule is Cn1c(SCC(=O)N2CCCCCC2)nnc1-c1ccc(C(C)(C)C)cc1. The Labute approximate surface area is 166 Å². The fraction of sp³-hybridized carbons (Fsp3) is 0.571. The molecule has 146 valence electrons. The van der Waals surface area contributed by atoms with Crippen molar-refractivity contribution >= 4 is 17.7 Å². The van der Waals surface area contributed by atoms with E-state index in [1.807, 2.05) is 16.5 Å². The summed E-state index contributed by atoms with van der Waals surface area (Å²) in [4.78, 5) is 14.5. The van der Waals surface area contributed by atoms with Crippen LogP contribution >= 0.6 is 11.8 Å². The van der Waals surface area contributed by atoms with Crippen LogP contribution < -0.4 is 0 Å². The maximum Gasteiger partial charge on any atom is 0.233 e. The molecule has 1 aromatic carbocycles. The number of hydrogen-bond donors (Lipinski definition) is 0. The van der Waals surface area contributed by atoms with Gasteiger partial charge in [-0.05, 0) is 23.8 Å². The van der Waals surface area contributed by atoms with Gasteiger partial charge in [-0.1, -0.05) is 69.6 Å². The second-order valence-corrected chi connectivity index (χ2v) is 9.22. The van der Waals surface area contributed by atoms with Crippen LogP contribution in [0.1, 0.15) is 52.0 Å². The number of carbonyl (C=O) groups is 1. The van der Waals surface area contributed by atoms with E-state index in [0.29, 0.717) is 5.75 Å². The van der Waals surface area contributed by atoms with E-state index in [9.17, 15) is 4.79 Å². The van der Waals surface area contributed by atoms with Gasteiger partial charge in [0.05, 0.1) is 5.75 Å². The summed E-state index contributed by atoms with van der Waals surface area (Å²) in [6.45, 7) is 8.41. The monoisotopic (exact) mass is 386 g/mol. The molecule has 1 amide bonds. The summed E-state index contributed by atoms with van der Waals surface area (Å²) in [6, 6.07) is 8.50. The molecule has 5 nitrogen and oxygen atoms in total. The summed E-state index contributed by atoms with van der Waals surface area (Å²) < 4.78 is 1.98. The molecule has 1 aliphatic heterocycles. The molecule has 0 aliphatic carbocycles. The highest BCUT2D eigenvalue weighted by molar-refractivity contribution is 7.99. The average molecular weight is 387 g/mol. The van der Waals surface area contributed by atoms with Crippen LogP contribution in [0.15, 0.2) is 29.4 Å². The Bertz CT molecular complexity index is 768. The van der Waals surface area contributed by atoms with Crippen molar-refractivity contribution in [1.29, 1.82) is 0 Å². The molecular weight excluding hydrogens is 356 g/mol. The third kappa shape index (κ3) is 4.92. The van der Waals surface area contributed by atoms with Crippen LogP contribution in [0.5, 0.6) is 0 Å². The molecule has 0 N–H and O–H groups in total. The smallest absolute Gasteiger partial charge is 0.233 e. The maximum absolute atomic E-state index is 12.5. The molecule has 1 saturated heterocycles. The van der Waals surface area contributed by atoms with Gasteiger partial charge >= 0.3 is 0 Å². The van der Waals surface area contributed by atoms with Gasteiger partial charge in [0.2, 0.25) is 5.91 Å². The van der Waals surface area contributed by atoms with Gasteiger partial charge in [-0.2, -0.15) is 0 Å². The quantitative estimate of drug-likeness (QED) is 0.736. The van der Waals surface area contributed by atoms with Crippen molar-refractivity contribution in [1.82, 2.24) is 19.7 Å². The lowest BCUT2D eigenvalue weighted by Gasteiger charge is -2.19. The molecule has 2 heterocycles. The van der Waals surface area contributed by atoms with Gasteiger partial charge in [0, 0.05) is 25.7 Å². The summed E-state index contributed by atoms with van der Waals surface area (Å²) >= 11 is 1.48. The highest BCUT2D eigenvalue weighted by Crippen LogP contribution is 2.27. The van der Waals surface area contributed by atoms with Crippen LogP contribution in [0, 0.1) is 0 Å². The maximum atomic E-state index is 12.5. The minimum absolute atomic E-state index is 0.132. The third-order valence-electron chi connectivity index (χ3n) is 5.13. The molecule has 0 spiro atoms. The minimum Gasteiger partial charge on any atom is -0.342 e. The van der Waals surface area contributed by atoms with Gasteiger partial charge < -0.3 is 9.47 Å². The molecule has 1 aromatic heterocycles. The van der Waals surface area contributed by atoms with Crippen molar-refractivity contribution in [3.63, 3.8) is 0 Å². The van der Waals surface area contributed by atoms with Crippen molar-refractivity contribution in [3.8, 4) is 11.4 Å². The number of benzene rings is 1. The van der Waals surface area contributed by atoms with Crippen LogP contribution in [0.4, 0.5) is 0 Å². The first kappa shape index (κ1) is 19.9. The number of hydrogen-bond acceptors (Lipinski definition) is 4. The topological polar surface area (TPSA) is 51.0 Å². The Hall–Kier alpha value is -1.82. The fourth-order valence-electron chi connectivity index (χ4n) is 3.35. The zero-order valence-corrected chi connectivity index (χ0v) is 17.7. The van der Waals surface area contributed by atoms with Crippen LogP contribution in [0.2, 0.25) is 0 Å². The van der Waals surface area contributed by atoms with Crippen molar-refractivity contribution in [2.75, 3.05) is 18.8 Å². The van der Waals surface area contributed by atoms with Gasteiger partial charge in [-0.15, -0.1) is 10.2 Å². The third-order valence-corrected chi connectivity index (χ3v) is 6.13. The van der Waals surface area contributed by atoms with Crippen molar-refractivity contribution in [2.24, 2.45) is 7.05 Å². The Kier molecular flexibility index (Phi) is 6.25. The van der Waals surface area contributed by atoms with E-state index in [1.165, 1.54) is 30.2 Å². The Balaban J connectivity index is 1.65. The van der Waals surface area contributed by atoms with Crippen molar-refractivity contribution in [3.05, 3.63) is 29.8 Å². The predicted octanol–water partition coefficient (Wildman–Crippen LogP) is 4.27. The summed E-state index contributed by atoms with van der Waals surface area (Å²) in [5, 5.41) is 9.44. The van der Waals surface area contributed by atoms with Crippen LogP contribution in [-0.4, -0.2) is 44.4 Å². The lowest BCUT2D eigenvalue weighted by Crippen LogP contribution is -2.33. The van der Waals surface area contributed by atoms with E-state index >= 15 is 0 Å². The number of aromatic nitrogens is 3. The van der Waals surface area contributed by atoms with Crippen molar-refractivity contribution in [2.45, 2.75) is 57.0 Å². The lowest BCUT2D eigenvalue weighted by molar-refractivity contribution is -0.128. The highest BCUT2D eigenvalue weighted by Gasteiger charge is 2.19. The molecule has 0 bridgehead atoms. The molecule has 0 saturated carbocycles. The Morgan fingerprint density at radius 2 is 1.67 bits per heavy atom. The first-order valence-electron chi connectivity index (χ1n) is 9.77. The molecule has 6 heteroatoms. The highest BCUT2D eigenvalue weighted by atomic mass is 32.2. The lowest BCUT2D eigenvalue weighted by atomic mass is 9.87.